The molecule has 0 saturated heterocycles. The van der Waals surface area contributed by atoms with Gasteiger partial charge < -0.3 is 14.8 Å². The van der Waals surface area contributed by atoms with E-state index in [0.717, 1.165) is 33.7 Å². The first kappa shape index (κ1) is 15.7. The highest BCUT2D eigenvalue weighted by atomic mass is 16.5. The minimum atomic E-state index is 0.571. The molecule has 0 atom stereocenters. The van der Waals surface area contributed by atoms with Crippen LogP contribution in [0.3, 0.4) is 0 Å². The second kappa shape index (κ2) is 6.50. The van der Waals surface area contributed by atoms with Crippen molar-refractivity contribution in [1.82, 2.24) is 9.78 Å². The summed E-state index contributed by atoms with van der Waals surface area (Å²) in [6, 6.07) is 11.7. The number of nitrogens with one attached hydrogen (secondary N) is 1. The molecule has 24 heavy (non-hydrogen) atoms. The van der Waals surface area contributed by atoms with E-state index in [1.54, 1.807) is 25.1 Å². The van der Waals surface area contributed by atoms with E-state index in [1.807, 2.05) is 37.4 Å². The van der Waals surface area contributed by atoms with E-state index in [-0.39, 0.29) is 0 Å². The molecular weight excluding hydrogens is 304 g/mol. The van der Waals surface area contributed by atoms with Crippen molar-refractivity contribution in [1.29, 1.82) is 5.26 Å². The minimum Gasteiger partial charge on any atom is -0.497 e. The van der Waals surface area contributed by atoms with Gasteiger partial charge in [0.25, 0.3) is 0 Å². The second-order valence-corrected chi connectivity index (χ2v) is 5.37. The average Bonchev–Trinajstić information content (AvgIpc) is 3.00. The first-order chi connectivity index (χ1) is 11.7. The zero-order valence-electron chi connectivity index (χ0n) is 13.8. The van der Waals surface area contributed by atoms with E-state index in [1.165, 1.54) is 0 Å². The number of nitrogens with zero attached hydrogens (tertiary/aromatic N) is 3. The monoisotopic (exact) mass is 322 g/mol. The fourth-order valence-electron chi connectivity index (χ4n) is 2.64. The predicted molar refractivity (Wildman–Crippen MR) is 92.3 cm³/mol. The molecule has 0 spiro atoms. The van der Waals surface area contributed by atoms with Crippen LogP contribution in [0.4, 0.5) is 5.69 Å². The summed E-state index contributed by atoms with van der Waals surface area (Å²) >= 11 is 0. The van der Waals surface area contributed by atoms with Gasteiger partial charge in [0, 0.05) is 36.3 Å². The molecule has 0 radical (unpaired) electrons. The lowest BCUT2D eigenvalue weighted by molar-refractivity contribution is 0.391. The number of aromatic nitrogens is 2. The van der Waals surface area contributed by atoms with Crippen LogP contribution in [-0.2, 0) is 13.6 Å². The van der Waals surface area contributed by atoms with Crippen molar-refractivity contribution in [3.63, 3.8) is 0 Å². The maximum Gasteiger partial charge on any atom is 0.127 e. The van der Waals surface area contributed by atoms with Crippen molar-refractivity contribution in [3.05, 3.63) is 47.7 Å². The Kier molecular flexibility index (Phi) is 4.25. The van der Waals surface area contributed by atoms with Crippen LogP contribution in [0, 0.1) is 11.3 Å². The Labute approximate surface area is 140 Å². The quantitative estimate of drug-likeness (QED) is 0.781. The predicted octanol–water partition coefficient (Wildman–Crippen LogP) is 3.07. The summed E-state index contributed by atoms with van der Waals surface area (Å²) in [7, 11) is 5.12. The van der Waals surface area contributed by atoms with E-state index in [0.29, 0.717) is 12.1 Å². The van der Waals surface area contributed by atoms with Crippen LogP contribution in [0.5, 0.6) is 11.5 Å². The van der Waals surface area contributed by atoms with Gasteiger partial charge in [-0.05, 0) is 24.3 Å². The molecule has 0 aliphatic heterocycles. The molecule has 6 heteroatoms. The molecule has 6 nitrogen and oxygen atoms in total. The Hall–Kier alpha value is -3.20. The van der Waals surface area contributed by atoms with Gasteiger partial charge in [-0.3, -0.25) is 4.68 Å². The largest absolute Gasteiger partial charge is 0.497 e. The molecule has 0 unspecified atom stereocenters. The molecule has 0 aliphatic carbocycles. The van der Waals surface area contributed by atoms with Crippen molar-refractivity contribution < 1.29 is 9.47 Å². The highest BCUT2D eigenvalue weighted by molar-refractivity contribution is 5.88. The van der Waals surface area contributed by atoms with Gasteiger partial charge in [-0.25, -0.2) is 0 Å². The van der Waals surface area contributed by atoms with Gasteiger partial charge in [0.2, 0.25) is 0 Å². The first-order valence-electron chi connectivity index (χ1n) is 7.47. The van der Waals surface area contributed by atoms with Crippen LogP contribution in [-0.4, -0.2) is 24.0 Å². The zero-order valence-corrected chi connectivity index (χ0v) is 13.8. The number of hydrogen-bond donors (Lipinski definition) is 1. The van der Waals surface area contributed by atoms with Gasteiger partial charge in [0.05, 0.1) is 37.6 Å². The number of fused-ring (bicyclic) bond motifs is 1. The first-order valence-corrected chi connectivity index (χ1v) is 7.47. The summed E-state index contributed by atoms with van der Waals surface area (Å²) in [6.45, 7) is 0.571. The molecule has 1 N–H and O–H groups in total. The van der Waals surface area contributed by atoms with Crippen LogP contribution >= 0.6 is 0 Å². The van der Waals surface area contributed by atoms with Crippen LogP contribution in [0.1, 0.15) is 11.1 Å². The van der Waals surface area contributed by atoms with E-state index in [2.05, 4.69) is 16.5 Å². The van der Waals surface area contributed by atoms with E-state index < -0.39 is 0 Å². The summed E-state index contributed by atoms with van der Waals surface area (Å²) in [6.07, 6.45) is 1.71. The maximum absolute atomic E-state index is 9.35. The molecule has 1 aromatic heterocycles. The van der Waals surface area contributed by atoms with Gasteiger partial charge >= 0.3 is 0 Å². The SMILES string of the molecule is COc1ccc(CNc2cc(C#N)c3cnn(C)c3c2)c(OC)c1. The molecule has 0 saturated carbocycles. The number of hydrogen-bond acceptors (Lipinski definition) is 5. The smallest absolute Gasteiger partial charge is 0.127 e. The van der Waals surface area contributed by atoms with Crippen molar-refractivity contribution in [2.24, 2.45) is 7.05 Å². The van der Waals surface area contributed by atoms with Gasteiger partial charge in [-0.2, -0.15) is 10.4 Å². The van der Waals surface area contributed by atoms with Crippen LogP contribution in [0.15, 0.2) is 36.5 Å². The van der Waals surface area contributed by atoms with Crippen LogP contribution < -0.4 is 14.8 Å². The number of aryl methyl sites for hydroxylation is 1. The zero-order chi connectivity index (χ0) is 17.1. The molecule has 0 bridgehead atoms. The number of rotatable bonds is 5. The molecule has 0 aliphatic rings. The Balaban J connectivity index is 1.88. The summed E-state index contributed by atoms with van der Waals surface area (Å²) in [5.74, 6) is 1.50. The fourth-order valence-corrected chi connectivity index (χ4v) is 2.64. The molecular formula is C18H18N4O2. The lowest BCUT2D eigenvalue weighted by atomic mass is 10.1. The van der Waals surface area contributed by atoms with Crippen LogP contribution in [0.25, 0.3) is 10.9 Å². The third kappa shape index (κ3) is 2.84. The van der Waals surface area contributed by atoms with Crippen molar-refractivity contribution >= 4 is 16.6 Å². The van der Waals surface area contributed by atoms with Gasteiger partial charge in [0.1, 0.15) is 11.5 Å². The topological polar surface area (TPSA) is 72.1 Å². The van der Waals surface area contributed by atoms with E-state index in [4.69, 9.17) is 9.47 Å². The normalized spacial score (nSPS) is 10.4. The summed E-state index contributed by atoms with van der Waals surface area (Å²) in [5, 5.41) is 17.8. The number of anilines is 1. The second-order valence-electron chi connectivity index (χ2n) is 5.37. The average molecular weight is 322 g/mol. The summed E-state index contributed by atoms with van der Waals surface area (Å²) in [4.78, 5) is 0. The molecule has 1 heterocycles. The van der Waals surface area contributed by atoms with Crippen molar-refractivity contribution in [2.45, 2.75) is 6.54 Å². The number of benzene rings is 2. The molecule has 3 rings (SSSR count). The van der Waals surface area contributed by atoms with Gasteiger partial charge in [-0.15, -0.1) is 0 Å². The summed E-state index contributed by atoms with van der Waals surface area (Å²) in [5.41, 5.74) is 3.38. The highest BCUT2D eigenvalue weighted by Crippen LogP contribution is 2.27. The lowest BCUT2D eigenvalue weighted by Crippen LogP contribution is -2.03. The van der Waals surface area contributed by atoms with Crippen molar-refractivity contribution in [2.75, 3.05) is 19.5 Å². The fraction of sp³-hybridized carbons (Fsp3) is 0.222. The third-order valence-electron chi connectivity index (χ3n) is 3.96. The Morgan fingerprint density at radius 3 is 2.75 bits per heavy atom. The minimum absolute atomic E-state index is 0.571. The number of nitriles is 1. The van der Waals surface area contributed by atoms with Gasteiger partial charge in [0.15, 0.2) is 0 Å². The third-order valence-corrected chi connectivity index (χ3v) is 3.96. The Morgan fingerprint density at radius 1 is 1.21 bits per heavy atom. The molecule has 3 aromatic rings. The molecule has 0 amide bonds. The maximum atomic E-state index is 9.35. The van der Waals surface area contributed by atoms with Crippen LogP contribution in [0.2, 0.25) is 0 Å². The number of methoxy groups -OCH3 is 2. The summed E-state index contributed by atoms with van der Waals surface area (Å²) < 4.78 is 12.4. The van der Waals surface area contributed by atoms with E-state index in [9.17, 15) is 5.26 Å². The molecule has 0 fully saturated rings. The Bertz CT molecular complexity index is 925. The Morgan fingerprint density at radius 2 is 2.04 bits per heavy atom. The standard InChI is InChI=1S/C18H18N4O2/c1-22-17-7-14(6-13(9-19)16(17)11-21-22)20-10-12-4-5-15(23-2)8-18(12)24-3/h4-8,11,20H,10H2,1-3H3. The highest BCUT2D eigenvalue weighted by Gasteiger charge is 2.09. The molecule has 122 valence electrons. The lowest BCUT2D eigenvalue weighted by Gasteiger charge is -2.12. The number of ether oxygens (including phenoxy) is 2. The molecule has 2 aromatic carbocycles. The van der Waals surface area contributed by atoms with Gasteiger partial charge in [-0.1, -0.05) is 0 Å². The van der Waals surface area contributed by atoms with Crippen molar-refractivity contribution in [3.8, 4) is 17.6 Å². The van der Waals surface area contributed by atoms with E-state index >= 15 is 0 Å².